The van der Waals surface area contributed by atoms with Crippen LogP contribution in [0.2, 0.25) is 0 Å². The summed E-state index contributed by atoms with van der Waals surface area (Å²) in [7, 11) is 1.21. The van der Waals surface area contributed by atoms with Crippen LogP contribution < -0.4 is 4.74 Å². The lowest BCUT2D eigenvalue weighted by atomic mass is 9.73. The zero-order chi connectivity index (χ0) is 21.1. The first-order valence-corrected chi connectivity index (χ1v) is 10.4. The molecule has 0 amide bonds. The van der Waals surface area contributed by atoms with Gasteiger partial charge in [0.05, 0.1) is 7.11 Å². The molecule has 5 heteroatoms. The van der Waals surface area contributed by atoms with Crippen molar-refractivity contribution in [3.8, 4) is 16.9 Å². The van der Waals surface area contributed by atoms with E-state index in [4.69, 9.17) is 4.74 Å². The third kappa shape index (κ3) is 4.44. The molecule has 1 atom stereocenters. The van der Waals surface area contributed by atoms with Crippen LogP contribution in [0.5, 0.6) is 5.75 Å². The SMILES string of the molecule is CCCC(C)C1CCC(c2cc(F)c(-c3ccc(OC)c(F)c3F)cc2F)CC1. The normalized spacial score (nSPS) is 20.5. The summed E-state index contributed by atoms with van der Waals surface area (Å²) >= 11 is 0. The molecule has 29 heavy (non-hydrogen) atoms. The lowest BCUT2D eigenvalue weighted by Gasteiger charge is -2.32. The molecular weight excluding hydrogens is 380 g/mol. The first-order chi connectivity index (χ1) is 13.9. The van der Waals surface area contributed by atoms with Gasteiger partial charge >= 0.3 is 0 Å². The fraction of sp³-hybridized carbons (Fsp3) is 0.500. The van der Waals surface area contributed by atoms with Gasteiger partial charge in [-0.1, -0.05) is 26.7 Å². The molecule has 158 valence electrons. The molecule has 1 saturated carbocycles. The van der Waals surface area contributed by atoms with Crippen molar-refractivity contribution in [3.05, 3.63) is 53.1 Å². The topological polar surface area (TPSA) is 9.23 Å². The van der Waals surface area contributed by atoms with Crippen molar-refractivity contribution in [2.75, 3.05) is 7.11 Å². The number of methoxy groups -OCH3 is 1. The van der Waals surface area contributed by atoms with Crippen molar-refractivity contribution in [2.24, 2.45) is 11.8 Å². The predicted molar refractivity (Wildman–Crippen MR) is 107 cm³/mol. The summed E-state index contributed by atoms with van der Waals surface area (Å²) in [5.74, 6) is -2.81. The molecule has 0 heterocycles. The Morgan fingerprint density at radius 1 is 0.931 bits per heavy atom. The first kappa shape index (κ1) is 21.7. The van der Waals surface area contributed by atoms with Crippen LogP contribution >= 0.6 is 0 Å². The van der Waals surface area contributed by atoms with Crippen LogP contribution in [0.4, 0.5) is 17.6 Å². The molecule has 1 aliphatic carbocycles. The maximum Gasteiger partial charge on any atom is 0.201 e. The molecule has 1 aliphatic rings. The van der Waals surface area contributed by atoms with E-state index in [1.807, 2.05) is 0 Å². The highest BCUT2D eigenvalue weighted by atomic mass is 19.2. The molecule has 0 bridgehead atoms. The molecule has 0 saturated heterocycles. The minimum absolute atomic E-state index is 0.0407. The van der Waals surface area contributed by atoms with Gasteiger partial charge in [-0.05, 0) is 73.3 Å². The predicted octanol–water partition coefficient (Wildman–Crippen LogP) is 7.63. The average Bonchev–Trinajstić information content (AvgIpc) is 2.72. The Hall–Kier alpha value is -2.04. The first-order valence-electron chi connectivity index (χ1n) is 10.4. The summed E-state index contributed by atoms with van der Waals surface area (Å²) in [6.45, 7) is 4.45. The Labute approximate surface area is 170 Å². The van der Waals surface area contributed by atoms with Crippen LogP contribution in [0.25, 0.3) is 11.1 Å². The third-order valence-electron chi connectivity index (χ3n) is 6.40. The minimum Gasteiger partial charge on any atom is -0.494 e. The van der Waals surface area contributed by atoms with Crippen molar-refractivity contribution < 1.29 is 22.3 Å². The van der Waals surface area contributed by atoms with E-state index in [1.165, 1.54) is 25.7 Å². The van der Waals surface area contributed by atoms with E-state index in [2.05, 4.69) is 13.8 Å². The Bertz CT molecular complexity index is 856. The molecule has 0 aromatic heterocycles. The molecule has 1 unspecified atom stereocenters. The van der Waals surface area contributed by atoms with Crippen molar-refractivity contribution in [2.45, 2.75) is 58.3 Å². The number of ether oxygens (including phenoxy) is 1. The summed E-state index contributed by atoms with van der Waals surface area (Å²) < 4.78 is 62.7. The highest BCUT2D eigenvalue weighted by molar-refractivity contribution is 5.66. The Morgan fingerprint density at radius 3 is 2.24 bits per heavy atom. The van der Waals surface area contributed by atoms with Crippen LogP contribution in [0.15, 0.2) is 24.3 Å². The average molecular weight is 408 g/mol. The van der Waals surface area contributed by atoms with Crippen LogP contribution in [-0.2, 0) is 0 Å². The molecular formula is C24H28F4O. The Balaban J connectivity index is 1.83. The Morgan fingerprint density at radius 2 is 1.62 bits per heavy atom. The minimum atomic E-state index is -1.25. The van der Waals surface area contributed by atoms with Gasteiger partial charge < -0.3 is 4.74 Å². The second kappa shape index (κ2) is 9.19. The molecule has 2 aromatic rings. The van der Waals surface area contributed by atoms with Crippen LogP contribution in [0, 0.1) is 35.1 Å². The number of hydrogen-bond donors (Lipinski definition) is 0. The molecule has 0 spiro atoms. The molecule has 0 aliphatic heterocycles. The molecule has 0 N–H and O–H groups in total. The standard InChI is InChI=1S/C24H28F4O/c1-4-5-14(2)15-6-8-16(9-7-15)18-12-21(26)19(13-20(18)25)17-10-11-22(29-3)24(28)23(17)27/h10-16H,4-9H2,1-3H3. The van der Waals surface area contributed by atoms with Gasteiger partial charge in [-0.25, -0.2) is 13.2 Å². The summed E-state index contributed by atoms with van der Waals surface area (Å²) in [6.07, 6.45) is 6.00. The van der Waals surface area contributed by atoms with E-state index in [-0.39, 0.29) is 22.8 Å². The quantitative estimate of drug-likeness (QED) is 0.447. The fourth-order valence-corrected chi connectivity index (χ4v) is 4.67. The van der Waals surface area contributed by atoms with Gasteiger partial charge in [0, 0.05) is 11.1 Å². The summed E-state index contributed by atoms with van der Waals surface area (Å²) in [6, 6.07) is 4.56. The maximum absolute atomic E-state index is 14.8. The summed E-state index contributed by atoms with van der Waals surface area (Å²) in [5.41, 5.74) is -0.263. The van der Waals surface area contributed by atoms with Gasteiger partial charge in [0.2, 0.25) is 5.82 Å². The van der Waals surface area contributed by atoms with Gasteiger partial charge in [-0.3, -0.25) is 0 Å². The van der Waals surface area contributed by atoms with Gasteiger partial charge in [-0.15, -0.1) is 0 Å². The van der Waals surface area contributed by atoms with E-state index in [1.54, 1.807) is 0 Å². The molecule has 3 rings (SSSR count). The summed E-state index contributed by atoms with van der Waals surface area (Å²) in [5, 5.41) is 0. The van der Waals surface area contributed by atoms with E-state index in [9.17, 15) is 17.6 Å². The van der Waals surface area contributed by atoms with E-state index in [0.29, 0.717) is 17.4 Å². The van der Waals surface area contributed by atoms with Crippen molar-refractivity contribution >= 4 is 0 Å². The molecule has 0 radical (unpaired) electrons. The number of hydrogen-bond acceptors (Lipinski definition) is 1. The largest absolute Gasteiger partial charge is 0.494 e. The highest BCUT2D eigenvalue weighted by Gasteiger charge is 2.28. The zero-order valence-electron chi connectivity index (χ0n) is 17.2. The van der Waals surface area contributed by atoms with E-state index < -0.39 is 23.3 Å². The zero-order valence-corrected chi connectivity index (χ0v) is 17.2. The fourth-order valence-electron chi connectivity index (χ4n) is 4.67. The lowest BCUT2D eigenvalue weighted by molar-refractivity contribution is 0.233. The van der Waals surface area contributed by atoms with Gasteiger partial charge in [0.25, 0.3) is 0 Å². The van der Waals surface area contributed by atoms with Crippen LogP contribution in [-0.4, -0.2) is 7.11 Å². The van der Waals surface area contributed by atoms with E-state index >= 15 is 0 Å². The van der Waals surface area contributed by atoms with Crippen molar-refractivity contribution in [1.82, 2.24) is 0 Å². The second-order valence-corrected chi connectivity index (χ2v) is 8.17. The van der Waals surface area contributed by atoms with Gasteiger partial charge in [-0.2, -0.15) is 4.39 Å². The van der Waals surface area contributed by atoms with Crippen molar-refractivity contribution in [3.63, 3.8) is 0 Å². The summed E-state index contributed by atoms with van der Waals surface area (Å²) in [4.78, 5) is 0. The van der Waals surface area contributed by atoms with Crippen LogP contribution in [0.1, 0.15) is 63.9 Å². The van der Waals surface area contributed by atoms with Crippen LogP contribution in [0.3, 0.4) is 0 Å². The Kier molecular flexibility index (Phi) is 6.86. The van der Waals surface area contributed by atoms with Gasteiger partial charge in [0.1, 0.15) is 11.6 Å². The monoisotopic (exact) mass is 408 g/mol. The van der Waals surface area contributed by atoms with E-state index in [0.717, 1.165) is 44.2 Å². The molecule has 1 fully saturated rings. The smallest absolute Gasteiger partial charge is 0.201 e. The van der Waals surface area contributed by atoms with Gasteiger partial charge in [0.15, 0.2) is 11.6 Å². The molecule has 2 aromatic carbocycles. The lowest BCUT2D eigenvalue weighted by Crippen LogP contribution is -2.20. The third-order valence-corrected chi connectivity index (χ3v) is 6.40. The molecule has 1 nitrogen and oxygen atoms in total. The highest BCUT2D eigenvalue weighted by Crippen LogP contribution is 2.42. The number of halogens is 4. The maximum atomic E-state index is 14.8. The van der Waals surface area contributed by atoms with Crippen molar-refractivity contribution in [1.29, 1.82) is 0 Å². The second-order valence-electron chi connectivity index (χ2n) is 8.17. The number of rotatable bonds is 6. The number of benzene rings is 2.